The van der Waals surface area contributed by atoms with Gasteiger partial charge >= 0.3 is 0 Å². The molecular weight excluding hydrogens is 1610 g/mol. The van der Waals surface area contributed by atoms with Crippen molar-refractivity contribution in [3.63, 3.8) is 0 Å². The van der Waals surface area contributed by atoms with E-state index in [1.807, 2.05) is 58.5 Å². The minimum absolute atomic E-state index is 0.277. The van der Waals surface area contributed by atoms with Gasteiger partial charge in [-0.1, -0.05) is 340 Å². The largest absolute Gasteiger partial charge is 0.256 e. The Kier molecular flexibility index (Phi) is 12.7. The Labute approximate surface area is 753 Å². The molecule has 0 bridgehead atoms. The molecule has 0 radical (unpaired) electrons. The summed E-state index contributed by atoms with van der Waals surface area (Å²) in [6, 6.07) is 152. The third-order valence-corrected chi connectivity index (χ3v) is 35.9. The van der Waals surface area contributed by atoms with Gasteiger partial charge in [-0.3, -0.25) is 9.97 Å². The first-order valence-electron chi connectivity index (χ1n) is 45.1. The third-order valence-electron chi connectivity index (χ3n) is 32.5. The molecule has 129 heavy (non-hydrogen) atoms. The molecule has 34 rings (SSSR count). The van der Waals surface area contributed by atoms with E-state index < -0.39 is 21.7 Å². The van der Waals surface area contributed by atoms with Crippen LogP contribution in [-0.2, 0) is 32.5 Å². The number of hydrogen-bond acceptors (Lipinski definition) is 5. The van der Waals surface area contributed by atoms with Gasteiger partial charge < -0.3 is 0 Å². The normalized spacial score (nSPS) is 20.4. The van der Waals surface area contributed by atoms with Gasteiger partial charge in [-0.2, -0.15) is 0 Å². The van der Waals surface area contributed by atoms with Crippen LogP contribution in [0.5, 0.6) is 0 Å². The highest BCUT2D eigenvalue weighted by Crippen LogP contribution is 2.80. The fourth-order valence-corrected chi connectivity index (χ4v) is 32.5. The monoisotopic (exact) mass is 1680 g/mol. The zero-order valence-corrected chi connectivity index (χ0v) is 71.8. The molecule has 5 heteroatoms. The average Bonchev–Trinajstić information content (AvgIpc) is 1.46. The fraction of sp³-hybridized carbons (Fsp3) is 0.0484. The van der Waals surface area contributed by atoms with Crippen molar-refractivity contribution in [1.82, 2.24) is 9.97 Å². The van der Waals surface area contributed by atoms with E-state index in [4.69, 9.17) is 9.97 Å². The maximum atomic E-state index is 4.83. The van der Waals surface area contributed by atoms with Gasteiger partial charge in [0.25, 0.3) is 0 Å². The predicted molar refractivity (Wildman–Crippen MR) is 538 cm³/mol. The van der Waals surface area contributed by atoms with Crippen molar-refractivity contribution in [3.8, 4) is 44.8 Å². The highest BCUT2D eigenvalue weighted by molar-refractivity contribution is 7.26. The lowest BCUT2D eigenvalue weighted by Gasteiger charge is -2.48. The molecule has 592 valence electrons. The predicted octanol–water partition coefficient (Wildman–Crippen LogP) is 31.5. The van der Waals surface area contributed by atoms with Crippen LogP contribution in [0.2, 0.25) is 0 Å². The van der Waals surface area contributed by atoms with Gasteiger partial charge in [0.1, 0.15) is 0 Å². The Bertz CT molecular complexity index is 8490. The molecule has 0 unspecified atom stereocenters. The molecule has 20 aromatic carbocycles. The summed E-state index contributed by atoms with van der Waals surface area (Å²) in [5, 5.41) is 25.1. The number of hydrogen-bond donors (Lipinski definition) is 0. The maximum absolute atomic E-state index is 4.83. The van der Waals surface area contributed by atoms with Gasteiger partial charge in [-0.25, -0.2) is 0 Å². The zero-order chi connectivity index (χ0) is 83.5. The first-order valence-corrected chi connectivity index (χ1v) is 47.6. The molecule has 5 aromatic heterocycles. The quantitative estimate of drug-likeness (QED) is 0.175. The van der Waals surface area contributed by atoms with Crippen LogP contribution >= 0.6 is 34.0 Å². The summed E-state index contributed by atoms with van der Waals surface area (Å²) < 4.78 is 8.30. The Morgan fingerprint density at radius 3 is 0.612 bits per heavy atom. The molecule has 0 saturated heterocycles. The van der Waals surface area contributed by atoms with Crippen LogP contribution in [0.1, 0.15) is 100 Å². The van der Waals surface area contributed by atoms with Crippen LogP contribution in [0, 0.1) is 0 Å². The Hall–Kier alpha value is -15.1. The van der Waals surface area contributed by atoms with E-state index in [2.05, 4.69) is 388 Å². The van der Waals surface area contributed by atoms with Crippen molar-refractivity contribution in [2.45, 2.75) is 32.5 Å². The van der Waals surface area contributed by atoms with Crippen LogP contribution in [0.15, 0.2) is 413 Å². The van der Waals surface area contributed by atoms with E-state index in [1.54, 1.807) is 0 Å². The first kappa shape index (κ1) is 69.2. The summed E-state index contributed by atoms with van der Waals surface area (Å²) in [4.78, 5) is 9.65. The molecule has 0 saturated carbocycles. The summed E-state index contributed by atoms with van der Waals surface area (Å²) in [5.74, 6) is 0. The summed E-state index contributed by atoms with van der Waals surface area (Å²) in [6.45, 7) is 0. The number of pyridine rings is 2. The molecule has 2 nitrogen and oxygen atoms in total. The lowest BCUT2D eigenvalue weighted by molar-refractivity contribution is 0.469. The van der Waals surface area contributed by atoms with E-state index in [1.165, 1.54) is 259 Å². The molecule has 0 fully saturated rings. The molecule has 0 atom stereocenters. The average molecular weight is 1680 g/mol. The molecule has 0 spiro atoms. The first-order chi connectivity index (χ1) is 64.0. The number of aromatic nitrogens is 2. The zero-order valence-electron chi connectivity index (χ0n) is 69.4. The molecule has 0 amide bonds. The smallest absolute Gasteiger partial charge is 0.0708 e. The van der Waals surface area contributed by atoms with Crippen LogP contribution in [0.3, 0.4) is 0 Å². The Balaban J connectivity index is 0.0000000913. The maximum Gasteiger partial charge on any atom is 0.0708 e. The van der Waals surface area contributed by atoms with E-state index in [0.29, 0.717) is 0 Å². The summed E-state index contributed by atoms with van der Waals surface area (Å²) in [6.07, 6.45) is 3.81. The Morgan fingerprint density at radius 1 is 0.147 bits per heavy atom. The van der Waals surface area contributed by atoms with E-state index in [0.717, 1.165) is 11.4 Å². The standard InChI is InChI=1S/C46H26S.C44H24N2S.C34H18S/c1-3-11-27(12-4-1)29-23-25-37-41-31(29)15-7-17-33(41)45-34-18-8-16-32-30(28-13-5-2-6-14-28)24-26-38(42(32)34)46(37,45)36-20-10-22-40-44(36)43-35(45)19-9-21-39(43)47-40;1-3-23-45-35(15-1)25-19-21-33-39-27(25)9-5-11-29(39)43-30-12-6-10-28-26(36-16-2-4-24-46-36)20-22-34(40(28)30)44(33,43)32-14-8-18-38-42(32)41-31(43)13-7-17-37(41)47-38;1-7-19-8-2-12-22-29(19)21(11-1)33-23-13-3-9-20-10-4-14-24(30(20)23)34(22,33)26-16-6-18-28-32(26)31-25(33)15-5-17-27(31)35-28/h1-26H;1-24H;1-18H. The van der Waals surface area contributed by atoms with Crippen molar-refractivity contribution >= 4 is 159 Å². The van der Waals surface area contributed by atoms with Crippen molar-refractivity contribution in [2.75, 3.05) is 0 Å². The van der Waals surface area contributed by atoms with Crippen molar-refractivity contribution < 1.29 is 0 Å². The number of rotatable bonds is 4. The van der Waals surface area contributed by atoms with Crippen LogP contribution in [-0.4, -0.2) is 9.97 Å². The van der Waals surface area contributed by atoms with Crippen molar-refractivity contribution in [2.24, 2.45) is 0 Å². The van der Waals surface area contributed by atoms with Gasteiger partial charge in [0.15, 0.2) is 0 Å². The minimum atomic E-state index is -0.440. The van der Waals surface area contributed by atoms with Gasteiger partial charge in [-0.05, 0) is 248 Å². The second kappa shape index (κ2) is 23.8. The van der Waals surface area contributed by atoms with Crippen LogP contribution in [0.4, 0.5) is 0 Å². The molecule has 9 aliphatic rings. The SMILES string of the molecule is c1cc2c3c(cccc3c1)C13c4cccc5cccc(c45)C21c1cccc2sc4cccc3c4c12.c1ccc(-c2ccc3c4c(cccc24)C24c5cccc6c(-c7ccccc7)ccc(c56)C32c2cccc3sc5cccc4c5c23)cc1.c1ccc(-c2ccc3c4c(cccc24)C24c5cccc6c(-c7ccccn7)ccc(c56)C32c2cccc3sc5cccc4c5c23)nc1. The van der Waals surface area contributed by atoms with Crippen molar-refractivity contribution in [1.29, 1.82) is 0 Å². The molecule has 0 aliphatic heterocycles. The van der Waals surface area contributed by atoms with E-state index >= 15 is 0 Å². The van der Waals surface area contributed by atoms with Crippen molar-refractivity contribution in [3.05, 3.63) is 513 Å². The molecule has 25 aromatic rings. The summed E-state index contributed by atoms with van der Waals surface area (Å²) >= 11 is 5.83. The van der Waals surface area contributed by atoms with Gasteiger partial charge in [0.2, 0.25) is 0 Å². The fourth-order valence-electron chi connectivity index (χ4n) is 29.0. The highest BCUT2D eigenvalue weighted by atomic mass is 32.1. The van der Waals surface area contributed by atoms with E-state index in [-0.39, 0.29) is 10.8 Å². The topological polar surface area (TPSA) is 25.8 Å². The minimum Gasteiger partial charge on any atom is -0.256 e. The third kappa shape index (κ3) is 7.45. The number of benzene rings is 20. The molecule has 5 heterocycles. The van der Waals surface area contributed by atoms with E-state index in [9.17, 15) is 0 Å². The molecule has 9 aliphatic carbocycles. The number of thiophene rings is 3. The second-order valence-corrected chi connectivity index (χ2v) is 40.3. The van der Waals surface area contributed by atoms with Gasteiger partial charge in [0.05, 0.1) is 43.9 Å². The molecular formula is C124H68N2S3. The Morgan fingerprint density at radius 2 is 0.357 bits per heavy atom. The number of nitrogens with zero attached hydrogens (tertiary/aromatic N) is 2. The van der Waals surface area contributed by atoms with Crippen LogP contribution < -0.4 is 0 Å². The lowest BCUT2D eigenvalue weighted by atomic mass is 9.51. The second-order valence-electron chi connectivity index (χ2n) is 37.0. The van der Waals surface area contributed by atoms with Gasteiger partial charge in [0, 0.05) is 84.0 Å². The van der Waals surface area contributed by atoms with Crippen LogP contribution in [0.25, 0.3) is 170 Å². The summed E-state index contributed by atoms with van der Waals surface area (Å²) in [7, 11) is 0. The summed E-state index contributed by atoms with van der Waals surface area (Å²) in [5.41, 5.74) is 33.2. The van der Waals surface area contributed by atoms with Gasteiger partial charge in [-0.15, -0.1) is 34.0 Å². The lowest BCUT2D eigenvalue weighted by Crippen LogP contribution is -2.47. The molecule has 0 N–H and O–H groups in total. The highest BCUT2D eigenvalue weighted by Gasteiger charge is 2.72.